The molecule has 2 amide bonds. The standard InChI is InChI=1S/C27H51NO2/c1-4-5-6-7-8-9-10-11-12-13-14-15-16-17-18-19-20-21-22-23-24-26(29)28-27(30)25(2)3/h2,4-24H2,1,3H3,(H,28,29,30). The smallest absolute Gasteiger partial charge is 0.252 e. The van der Waals surface area contributed by atoms with Crippen molar-refractivity contribution in [1.29, 1.82) is 0 Å². The SMILES string of the molecule is C=C(C)C(=O)NC(=O)CCCCCCCCCCCCCCCCCCCCCC. The Morgan fingerprint density at radius 1 is 0.567 bits per heavy atom. The van der Waals surface area contributed by atoms with Crippen LogP contribution in [0.5, 0.6) is 0 Å². The molecule has 0 unspecified atom stereocenters. The summed E-state index contributed by atoms with van der Waals surface area (Å²) in [6.07, 6.45) is 27.4. The zero-order valence-corrected chi connectivity index (χ0v) is 20.4. The summed E-state index contributed by atoms with van der Waals surface area (Å²) in [7, 11) is 0. The summed E-state index contributed by atoms with van der Waals surface area (Å²) >= 11 is 0. The molecule has 3 nitrogen and oxygen atoms in total. The average molecular weight is 422 g/mol. The molecule has 0 fully saturated rings. The first-order chi connectivity index (χ1) is 14.6. The van der Waals surface area contributed by atoms with Crippen LogP contribution in [0.15, 0.2) is 12.2 Å². The van der Waals surface area contributed by atoms with Crippen LogP contribution in [0, 0.1) is 0 Å². The van der Waals surface area contributed by atoms with Gasteiger partial charge in [-0.1, -0.05) is 135 Å². The van der Waals surface area contributed by atoms with E-state index in [1.807, 2.05) is 0 Å². The van der Waals surface area contributed by atoms with Gasteiger partial charge in [-0.05, 0) is 13.3 Å². The molecular weight excluding hydrogens is 370 g/mol. The molecule has 0 aromatic rings. The van der Waals surface area contributed by atoms with Gasteiger partial charge in [0.05, 0.1) is 0 Å². The molecule has 0 saturated heterocycles. The summed E-state index contributed by atoms with van der Waals surface area (Å²) in [5.41, 5.74) is 0.381. The van der Waals surface area contributed by atoms with Crippen LogP contribution in [0.4, 0.5) is 0 Å². The second-order valence-corrected chi connectivity index (χ2v) is 9.13. The first-order valence-electron chi connectivity index (χ1n) is 13.1. The maximum atomic E-state index is 11.6. The van der Waals surface area contributed by atoms with E-state index >= 15 is 0 Å². The number of hydrogen-bond acceptors (Lipinski definition) is 2. The van der Waals surface area contributed by atoms with E-state index in [1.165, 1.54) is 116 Å². The second kappa shape index (κ2) is 22.6. The largest absolute Gasteiger partial charge is 0.293 e. The number of amides is 2. The Bertz CT molecular complexity index is 431. The van der Waals surface area contributed by atoms with Crippen LogP contribution < -0.4 is 5.32 Å². The molecule has 0 atom stereocenters. The van der Waals surface area contributed by atoms with E-state index in [0.29, 0.717) is 12.0 Å². The first kappa shape index (κ1) is 28.9. The summed E-state index contributed by atoms with van der Waals surface area (Å²) in [6, 6.07) is 0. The van der Waals surface area contributed by atoms with Crippen LogP contribution in [0.25, 0.3) is 0 Å². The molecule has 0 saturated carbocycles. The fraction of sp³-hybridized carbons (Fsp3) is 0.852. The summed E-state index contributed by atoms with van der Waals surface area (Å²) in [5, 5.41) is 2.36. The predicted octanol–water partition coefficient (Wildman–Crippen LogP) is 8.42. The predicted molar refractivity (Wildman–Crippen MR) is 131 cm³/mol. The highest BCUT2D eigenvalue weighted by Gasteiger charge is 2.07. The molecule has 3 heteroatoms. The summed E-state index contributed by atoms with van der Waals surface area (Å²) < 4.78 is 0. The van der Waals surface area contributed by atoms with E-state index in [2.05, 4.69) is 18.8 Å². The molecular formula is C27H51NO2. The lowest BCUT2D eigenvalue weighted by molar-refractivity contribution is -0.128. The van der Waals surface area contributed by atoms with Crippen LogP contribution in [0.1, 0.15) is 149 Å². The minimum Gasteiger partial charge on any atom is -0.293 e. The molecule has 0 heterocycles. The number of carbonyl (C=O) groups is 2. The average Bonchev–Trinajstić information content (AvgIpc) is 2.72. The van der Waals surface area contributed by atoms with Crippen LogP contribution in [-0.2, 0) is 9.59 Å². The van der Waals surface area contributed by atoms with E-state index < -0.39 is 0 Å². The zero-order chi connectivity index (χ0) is 22.3. The van der Waals surface area contributed by atoms with Gasteiger partial charge in [-0.3, -0.25) is 14.9 Å². The number of nitrogens with one attached hydrogen (secondary N) is 1. The van der Waals surface area contributed by atoms with Gasteiger partial charge in [0.1, 0.15) is 0 Å². The highest BCUT2D eigenvalue weighted by atomic mass is 16.2. The molecule has 0 spiro atoms. The van der Waals surface area contributed by atoms with Crippen molar-refractivity contribution in [2.75, 3.05) is 0 Å². The van der Waals surface area contributed by atoms with Crippen molar-refractivity contribution in [3.05, 3.63) is 12.2 Å². The molecule has 0 aromatic carbocycles. The monoisotopic (exact) mass is 421 g/mol. The Hall–Kier alpha value is -1.12. The molecule has 0 aliphatic heterocycles. The summed E-state index contributed by atoms with van der Waals surface area (Å²) in [6.45, 7) is 7.43. The molecule has 176 valence electrons. The van der Waals surface area contributed by atoms with Gasteiger partial charge in [-0.25, -0.2) is 0 Å². The highest BCUT2D eigenvalue weighted by molar-refractivity contribution is 6.03. The Labute approximate surface area is 187 Å². The van der Waals surface area contributed by atoms with Crippen LogP contribution >= 0.6 is 0 Å². The van der Waals surface area contributed by atoms with E-state index in [-0.39, 0.29) is 11.8 Å². The van der Waals surface area contributed by atoms with Crippen molar-refractivity contribution >= 4 is 11.8 Å². The zero-order valence-electron chi connectivity index (χ0n) is 20.4. The molecule has 0 radical (unpaired) electrons. The van der Waals surface area contributed by atoms with E-state index in [0.717, 1.165) is 12.8 Å². The van der Waals surface area contributed by atoms with E-state index in [1.54, 1.807) is 6.92 Å². The van der Waals surface area contributed by atoms with Crippen molar-refractivity contribution in [2.24, 2.45) is 0 Å². The fourth-order valence-electron chi connectivity index (χ4n) is 3.84. The van der Waals surface area contributed by atoms with Gasteiger partial charge in [0.15, 0.2) is 0 Å². The molecule has 1 N–H and O–H groups in total. The lowest BCUT2D eigenvalue weighted by Gasteiger charge is -2.05. The lowest BCUT2D eigenvalue weighted by Crippen LogP contribution is -2.30. The van der Waals surface area contributed by atoms with Crippen LogP contribution in [-0.4, -0.2) is 11.8 Å². The number of hydrogen-bond donors (Lipinski definition) is 1. The minimum atomic E-state index is -0.354. The van der Waals surface area contributed by atoms with E-state index in [9.17, 15) is 9.59 Å². The van der Waals surface area contributed by atoms with Crippen molar-refractivity contribution in [1.82, 2.24) is 5.32 Å². The van der Waals surface area contributed by atoms with E-state index in [4.69, 9.17) is 0 Å². The van der Waals surface area contributed by atoms with Crippen molar-refractivity contribution in [3.63, 3.8) is 0 Å². The molecule has 0 rings (SSSR count). The molecule has 0 bridgehead atoms. The normalized spacial score (nSPS) is 10.9. The van der Waals surface area contributed by atoms with Gasteiger partial charge in [0, 0.05) is 12.0 Å². The Kier molecular flexibility index (Phi) is 21.7. The maximum absolute atomic E-state index is 11.6. The third-order valence-electron chi connectivity index (χ3n) is 5.90. The van der Waals surface area contributed by atoms with Crippen molar-refractivity contribution < 1.29 is 9.59 Å². The highest BCUT2D eigenvalue weighted by Crippen LogP contribution is 2.15. The number of imide groups is 1. The molecule has 0 aromatic heterocycles. The lowest BCUT2D eigenvalue weighted by atomic mass is 10.0. The first-order valence-corrected chi connectivity index (χ1v) is 13.1. The Balaban J connectivity index is 3.15. The fourth-order valence-corrected chi connectivity index (χ4v) is 3.84. The van der Waals surface area contributed by atoms with Gasteiger partial charge in [0.25, 0.3) is 5.91 Å². The number of unbranched alkanes of at least 4 members (excludes halogenated alkanes) is 19. The quantitative estimate of drug-likeness (QED) is 0.141. The van der Waals surface area contributed by atoms with Crippen LogP contribution in [0.2, 0.25) is 0 Å². The Morgan fingerprint density at radius 3 is 1.17 bits per heavy atom. The summed E-state index contributed by atoms with van der Waals surface area (Å²) in [5.74, 6) is -0.529. The van der Waals surface area contributed by atoms with Gasteiger partial charge in [0.2, 0.25) is 5.91 Å². The number of rotatable bonds is 22. The van der Waals surface area contributed by atoms with Gasteiger partial charge in [-0.2, -0.15) is 0 Å². The molecule has 0 aliphatic carbocycles. The van der Waals surface area contributed by atoms with Crippen molar-refractivity contribution in [2.45, 2.75) is 149 Å². The topological polar surface area (TPSA) is 46.2 Å². The van der Waals surface area contributed by atoms with Gasteiger partial charge < -0.3 is 0 Å². The Morgan fingerprint density at radius 2 is 0.867 bits per heavy atom. The minimum absolute atomic E-state index is 0.176. The molecule has 30 heavy (non-hydrogen) atoms. The number of carbonyl (C=O) groups excluding carboxylic acids is 2. The third-order valence-corrected chi connectivity index (χ3v) is 5.90. The second-order valence-electron chi connectivity index (χ2n) is 9.13. The van der Waals surface area contributed by atoms with Gasteiger partial charge in [-0.15, -0.1) is 0 Å². The molecule has 0 aliphatic rings. The van der Waals surface area contributed by atoms with Gasteiger partial charge >= 0.3 is 0 Å². The maximum Gasteiger partial charge on any atom is 0.252 e. The summed E-state index contributed by atoms with van der Waals surface area (Å²) in [4.78, 5) is 22.9. The third kappa shape index (κ3) is 21.6. The van der Waals surface area contributed by atoms with Crippen molar-refractivity contribution in [3.8, 4) is 0 Å². The van der Waals surface area contributed by atoms with Crippen LogP contribution in [0.3, 0.4) is 0 Å².